The van der Waals surface area contributed by atoms with E-state index in [4.69, 9.17) is 5.73 Å². The maximum atomic E-state index is 11.3. The van der Waals surface area contributed by atoms with Crippen LogP contribution in [0.1, 0.15) is 54.2 Å². The van der Waals surface area contributed by atoms with E-state index in [1.165, 1.54) is 19.3 Å². The fourth-order valence-corrected chi connectivity index (χ4v) is 1.91. The second kappa shape index (κ2) is 6.26. The van der Waals surface area contributed by atoms with Crippen LogP contribution in [-0.4, -0.2) is 10.9 Å². The van der Waals surface area contributed by atoms with Crippen molar-refractivity contribution in [3.05, 3.63) is 29.1 Å². The smallest absolute Gasteiger partial charge is 0.250 e. The molecule has 0 atom stereocenters. The van der Waals surface area contributed by atoms with Gasteiger partial charge in [-0.25, -0.2) is 0 Å². The molecule has 0 unspecified atom stereocenters. The highest BCUT2D eigenvalue weighted by molar-refractivity contribution is 5.95. The zero-order valence-electron chi connectivity index (χ0n) is 10.1. The van der Waals surface area contributed by atoms with Gasteiger partial charge in [-0.05, 0) is 31.4 Å². The van der Waals surface area contributed by atoms with Gasteiger partial charge in [-0.15, -0.1) is 0 Å². The van der Waals surface area contributed by atoms with Crippen LogP contribution in [0.4, 0.5) is 0 Å². The zero-order chi connectivity index (χ0) is 12.0. The molecule has 0 bridgehead atoms. The maximum absolute atomic E-state index is 11.3. The summed E-state index contributed by atoms with van der Waals surface area (Å²) in [7, 11) is 0. The number of amides is 1. The standard InChI is InChI=1S/C13H20N2O/c1-3-4-5-6-7-11-8-9-15-10(2)12(11)13(14)16/h8-9H,3-7H2,1-2H3,(H2,14,16). The Labute approximate surface area is 97.1 Å². The van der Waals surface area contributed by atoms with E-state index in [0.29, 0.717) is 5.56 Å². The number of carbonyl (C=O) groups excluding carboxylic acids is 1. The average Bonchev–Trinajstić information content (AvgIpc) is 2.24. The lowest BCUT2D eigenvalue weighted by Crippen LogP contribution is -2.16. The van der Waals surface area contributed by atoms with Gasteiger partial charge in [-0.1, -0.05) is 26.2 Å². The van der Waals surface area contributed by atoms with E-state index in [0.717, 1.165) is 24.1 Å². The van der Waals surface area contributed by atoms with Crippen LogP contribution < -0.4 is 5.73 Å². The summed E-state index contributed by atoms with van der Waals surface area (Å²) < 4.78 is 0. The summed E-state index contributed by atoms with van der Waals surface area (Å²) in [6.45, 7) is 4.01. The van der Waals surface area contributed by atoms with Crippen LogP contribution in [-0.2, 0) is 6.42 Å². The number of hydrogen-bond acceptors (Lipinski definition) is 2. The van der Waals surface area contributed by atoms with Gasteiger partial charge in [0.05, 0.1) is 11.3 Å². The maximum Gasteiger partial charge on any atom is 0.250 e. The third-order valence-electron chi connectivity index (χ3n) is 2.77. The monoisotopic (exact) mass is 220 g/mol. The van der Waals surface area contributed by atoms with E-state index in [9.17, 15) is 4.79 Å². The van der Waals surface area contributed by atoms with Crippen LogP contribution in [0.25, 0.3) is 0 Å². The average molecular weight is 220 g/mol. The fourth-order valence-electron chi connectivity index (χ4n) is 1.91. The molecule has 2 N–H and O–H groups in total. The molecule has 0 aliphatic heterocycles. The van der Waals surface area contributed by atoms with Crippen molar-refractivity contribution in [2.24, 2.45) is 5.73 Å². The Bertz CT molecular complexity index is 361. The van der Waals surface area contributed by atoms with Gasteiger partial charge in [0.1, 0.15) is 0 Å². The number of hydrogen-bond donors (Lipinski definition) is 1. The Kier molecular flexibility index (Phi) is 4.96. The predicted molar refractivity (Wildman–Crippen MR) is 65.3 cm³/mol. The number of primary amides is 1. The first-order valence-electron chi connectivity index (χ1n) is 5.91. The van der Waals surface area contributed by atoms with E-state index in [1.54, 1.807) is 6.20 Å². The van der Waals surface area contributed by atoms with E-state index < -0.39 is 0 Å². The summed E-state index contributed by atoms with van der Waals surface area (Å²) in [6.07, 6.45) is 7.44. The number of nitrogens with two attached hydrogens (primary N) is 1. The fraction of sp³-hybridized carbons (Fsp3) is 0.538. The SMILES string of the molecule is CCCCCCc1ccnc(C)c1C(N)=O. The Morgan fingerprint density at radius 3 is 2.75 bits per heavy atom. The molecule has 1 rings (SSSR count). The molecular weight excluding hydrogens is 200 g/mol. The molecule has 88 valence electrons. The number of carbonyl (C=O) groups is 1. The summed E-state index contributed by atoms with van der Waals surface area (Å²) in [4.78, 5) is 15.4. The minimum Gasteiger partial charge on any atom is -0.366 e. The van der Waals surface area contributed by atoms with Crippen LogP contribution in [0.3, 0.4) is 0 Å². The van der Waals surface area contributed by atoms with Gasteiger partial charge in [0, 0.05) is 6.20 Å². The molecule has 0 aliphatic carbocycles. The number of aryl methyl sites for hydroxylation is 2. The number of nitrogens with zero attached hydrogens (tertiary/aromatic N) is 1. The molecule has 0 spiro atoms. The van der Waals surface area contributed by atoms with Gasteiger partial charge < -0.3 is 5.73 Å². The van der Waals surface area contributed by atoms with E-state index >= 15 is 0 Å². The summed E-state index contributed by atoms with van der Waals surface area (Å²) in [5, 5.41) is 0. The molecular formula is C13H20N2O. The van der Waals surface area contributed by atoms with Gasteiger partial charge in [-0.3, -0.25) is 9.78 Å². The third kappa shape index (κ3) is 3.33. The summed E-state index contributed by atoms with van der Waals surface area (Å²) in [5.74, 6) is -0.365. The summed E-state index contributed by atoms with van der Waals surface area (Å²) in [6, 6.07) is 1.90. The molecule has 0 aromatic carbocycles. The lowest BCUT2D eigenvalue weighted by Gasteiger charge is -2.08. The molecule has 0 aliphatic rings. The number of aromatic nitrogens is 1. The number of pyridine rings is 1. The van der Waals surface area contributed by atoms with E-state index in [1.807, 2.05) is 13.0 Å². The van der Waals surface area contributed by atoms with E-state index in [2.05, 4.69) is 11.9 Å². The van der Waals surface area contributed by atoms with Crippen molar-refractivity contribution in [3.63, 3.8) is 0 Å². The molecule has 3 nitrogen and oxygen atoms in total. The molecule has 1 heterocycles. The van der Waals surface area contributed by atoms with Crippen LogP contribution in [0.15, 0.2) is 12.3 Å². The number of unbranched alkanes of at least 4 members (excludes halogenated alkanes) is 3. The summed E-state index contributed by atoms with van der Waals surface area (Å²) >= 11 is 0. The van der Waals surface area contributed by atoms with Crippen molar-refractivity contribution in [1.82, 2.24) is 4.98 Å². The minimum absolute atomic E-state index is 0.365. The van der Waals surface area contributed by atoms with Crippen LogP contribution in [0, 0.1) is 6.92 Å². The Hall–Kier alpha value is -1.38. The first kappa shape index (κ1) is 12.7. The normalized spacial score (nSPS) is 10.4. The lowest BCUT2D eigenvalue weighted by molar-refractivity contribution is 0.0998. The molecule has 3 heteroatoms. The molecule has 1 aromatic rings. The van der Waals surface area contributed by atoms with Crippen molar-refractivity contribution in [3.8, 4) is 0 Å². The second-order valence-corrected chi connectivity index (χ2v) is 4.11. The molecule has 0 fully saturated rings. The third-order valence-corrected chi connectivity index (χ3v) is 2.77. The Morgan fingerprint density at radius 1 is 1.38 bits per heavy atom. The van der Waals surface area contributed by atoms with Gasteiger partial charge in [-0.2, -0.15) is 0 Å². The minimum atomic E-state index is -0.365. The molecule has 1 amide bonds. The molecule has 1 aromatic heterocycles. The van der Waals surface area contributed by atoms with Crippen molar-refractivity contribution in [1.29, 1.82) is 0 Å². The Balaban J connectivity index is 2.71. The van der Waals surface area contributed by atoms with Crippen molar-refractivity contribution >= 4 is 5.91 Å². The van der Waals surface area contributed by atoms with Gasteiger partial charge in [0.25, 0.3) is 5.91 Å². The van der Waals surface area contributed by atoms with Crippen molar-refractivity contribution in [2.75, 3.05) is 0 Å². The lowest BCUT2D eigenvalue weighted by atomic mass is 10.0. The zero-order valence-corrected chi connectivity index (χ0v) is 10.1. The quantitative estimate of drug-likeness (QED) is 0.749. The van der Waals surface area contributed by atoms with Gasteiger partial charge in [0.15, 0.2) is 0 Å². The van der Waals surface area contributed by atoms with Crippen LogP contribution in [0.5, 0.6) is 0 Å². The largest absolute Gasteiger partial charge is 0.366 e. The van der Waals surface area contributed by atoms with Crippen LogP contribution in [0.2, 0.25) is 0 Å². The first-order chi connectivity index (χ1) is 7.66. The molecule has 0 saturated carbocycles. The van der Waals surface area contributed by atoms with Crippen molar-refractivity contribution < 1.29 is 4.79 Å². The molecule has 0 saturated heterocycles. The highest BCUT2D eigenvalue weighted by Gasteiger charge is 2.11. The van der Waals surface area contributed by atoms with Gasteiger partial charge in [0.2, 0.25) is 0 Å². The Morgan fingerprint density at radius 2 is 2.12 bits per heavy atom. The predicted octanol–water partition coefficient (Wildman–Crippen LogP) is 2.61. The molecule has 16 heavy (non-hydrogen) atoms. The highest BCUT2D eigenvalue weighted by atomic mass is 16.1. The molecule has 0 radical (unpaired) electrons. The van der Waals surface area contributed by atoms with Gasteiger partial charge >= 0.3 is 0 Å². The first-order valence-corrected chi connectivity index (χ1v) is 5.91. The number of rotatable bonds is 6. The second-order valence-electron chi connectivity index (χ2n) is 4.11. The summed E-state index contributed by atoms with van der Waals surface area (Å²) in [5.41, 5.74) is 7.75. The topological polar surface area (TPSA) is 56.0 Å². The highest BCUT2D eigenvalue weighted by Crippen LogP contribution is 2.14. The van der Waals surface area contributed by atoms with Crippen LogP contribution >= 0.6 is 0 Å². The van der Waals surface area contributed by atoms with E-state index in [-0.39, 0.29) is 5.91 Å². The van der Waals surface area contributed by atoms with Crippen molar-refractivity contribution in [2.45, 2.75) is 46.0 Å².